The number of alkyl halides is 1. The van der Waals surface area contributed by atoms with Crippen molar-refractivity contribution in [2.45, 2.75) is 51.1 Å². The molecule has 1 saturated carbocycles. The maximum absolute atomic E-state index is 15.0. The van der Waals surface area contributed by atoms with Crippen molar-refractivity contribution in [3.63, 3.8) is 0 Å². The van der Waals surface area contributed by atoms with E-state index in [1.54, 1.807) is 31.2 Å². The van der Waals surface area contributed by atoms with E-state index < -0.39 is 5.67 Å². The quantitative estimate of drug-likeness (QED) is 0.747. The highest BCUT2D eigenvalue weighted by molar-refractivity contribution is 5.36. The number of hydrogen-bond donors (Lipinski definition) is 1. The van der Waals surface area contributed by atoms with Crippen LogP contribution in [0, 0.1) is 5.92 Å². The molecule has 17 heavy (non-hydrogen) atoms. The second-order valence-corrected chi connectivity index (χ2v) is 5.28. The Hall–Kier alpha value is -1.05. The maximum atomic E-state index is 15.0. The zero-order valence-electron chi connectivity index (χ0n) is 10.5. The Morgan fingerprint density at radius 3 is 2.29 bits per heavy atom. The van der Waals surface area contributed by atoms with E-state index in [0.717, 1.165) is 25.7 Å². The van der Waals surface area contributed by atoms with E-state index in [4.69, 9.17) is 0 Å². The van der Waals surface area contributed by atoms with Crippen LogP contribution in [0.2, 0.25) is 0 Å². The summed E-state index contributed by atoms with van der Waals surface area (Å²) in [4.78, 5) is 0. The van der Waals surface area contributed by atoms with E-state index in [1.165, 1.54) is 12.8 Å². The lowest BCUT2D eigenvalue weighted by Crippen LogP contribution is -2.27. The molecular formula is C15H21FO. The van der Waals surface area contributed by atoms with Crippen LogP contribution in [0.5, 0.6) is 5.75 Å². The molecule has 1 aliphatic rings. The highest BCUT2D eigenvalue weighted by Gasteiger charge is 2.37. The summed E-state index contributed by atoms with van der Waals surface area (Å²) in [7, 11) is 0. The van der Waals surface area contributed by atoms with Gasteiger partial charge in [-0.25, -0.2) is 4.39 Å². The van der Waals surface area contributed by atoms with Gasteiger partial charge >= 0.3 is 0 Å². The van der Waals surface area contributed by atoms with Crippen molar-refractivity contribution in [2.24, 2.45) is 5.92 Å². The molecule has 0 heterocycles. The molecule has 0 amide bonds. The zero-order chi connectivity index (χ0) is 12.3. The zero-order valence-corrected chi connectivity index (χ0v) is 10.5. The Kier molecular flexibility index (Phi) is 3.70. The lowest BCUT2D eigenvalue weighted by molar-refractivity contribution is 0.0857. The van der Waals surface area contributed by atoms with E-state index in [9.17, 15) is 9.50 Å². The Labute approximate surface area is 103 Å². The Morgan fingerprint density at radius 2 is 1.71 bits per heavy atom. The van der Waals surface area contributed by atoms with Gasteiger partial charge < -0.3 is 5.11 Å². The Bertz CT molecular complexity index is 365. The van der Waals surface area contributed by atoms with Gasteiger partial charge in [-0.15, -0.1) is 0 Å². The van der Waals surface area contributed by atoms with E-state index in [0.29, 0.717) is 5.56 Å². The van der Waals surface area contributed by atoms with Crippen LogP contribution < -0.4 is 0 Å². The van der Waals surface area contributed by atoms with Crippen molar-refractivity contribution in [1.82, 2.24) is 0 Å². The number of phenols is 1. The minimum atomic E-state index is -1.41. The molecule has 0 aliphatic heterocycles. The van der Waals surface area contributed by atoms with Gasteiger partial charge in [0.25, 0.3) is 0 Å². The summed E-state index contributed by atoms with van der Waals surface area (Å²) in [6.07, 6.45) is 6.51. The smallest absolute Gasteiger partial charge is 0.139 e. The fourth-order valence-corrected chi connectivity index (χ4v) is 2.93. The van der Waals surface area contributed by atoms with E-state index >= 15 is 0 Å². The molecule has 1 atom stereocenters. The Balaban J connectivity index is 2.25. The maximum Gasteiger partial charge on any atom is 0.139 e. The summed E-state index contributed by atoms with van der Waals surface area (Å²) in [6, 6.07) is 6.82. The standard InChI is InChI=1S/C15H21FO/c1-15(16,12-8-4-2-3-5-9-12)13-10-6-7-11-14(13)17/h6-7,10-12,17H,2-5,8-9H2,1H3. The van der Waals surface area contributed by atoms with Crippen LogP contribution in [-0.2, 0) is 5.67 Å². The van der Waals surface area contributed by atoms with Crippen LogP contribution in [0.1, 0.15) is 51.0 Å². The van der Waals surface area contributed by atoms with Crippen molar-refractivity contribution >= 4 is 0 Å². The minimum Gasteiger partial charge on any atom is -0.508 e. The van der Waals surface area contributed by atoms with Gasteiger partial charge in [0.1, 0.15) is 11.4 Å². The molecule has 1 nitrogen and oxygen atoms in total. The number of aromatic hydroxyl groups is 1. The molecule has 1 unspecified atom stereocenters. The molecule has 1 aliphatic carbocycles. The largest absolute Gasteiger partial charge is 0.508 e. The van der Waals surface area contributed by atoms with Gasteiger partial charge in [-0.3, -0.25) is 0 Å². The fourth-order valence-electron chi connectivity index (χ4n) is 2.93. The van der Waals surface area contributed by atoms with Gasteiger partial charge in [0.05, 0.1) is 0 Å². The lowest BCUT2D eigenvalue weighted by atomic mass is 9.79. The van der Waals surface area contributed by atoms with Crippen LogP contribution in [-0.4, -0.2) is 5.11 Å². The van der Waals surface area contributed by atoms with E-state index in [1.807, 2.05) is 0 Å². The first-order chi connectivity index (χ1) is 8.12. The average molecular weight is 236 g/mol. The number of rotatable bonds is 2. The van der Waals surface area contributed by atoms with Crippen LogP contribution in [0.3, 0.4) is 0 Å². The molecule has 1 N–H and O–H groups in total. The van der Waals surface area contributed by atoms with Crippen molar-refractivity contribution in [2.75, 3.05) is 0 Å². The summed E-state index contributed by atoms with van der Waals surface area (Å²) < 4.78 is 15.0. The number of para-hydroxylation sites is 1. The van der Waals surface area contributed by atoms with Crippen molar-refractivity contribution in [3.8, 4) is 5.75 Å². The molecule has 0 radical (unpaired) electrons. The summed E-state index contributed by atoms with van der Waals surface area (Å²) >= 11 is 0. The van der Waals surface area contributed by atoms with Gasteiger partial charge in [-0.05, 0) is 31.7 Å². The second kappa shape index (κ2) is 5.07. The Morgan fingerprint density at radius 1 is 1.12 bits per heavy atom. The van der Waals surface area contributed by atoms with Crippen molar-refractivity contribution in [3.05, 3.63) is 29.8 Å². The third-order valence-electron chi connectivity index (χ3n) is 4.05. The molecular weight excluding hydrogens is 215 g/mol. The predicted molar refractivity (Wildman–Crippen MR) is 67.8 cm³/mol. The molecule has 0 spiro atoms. The molecule has 0 aromatic heterocycles. The number of hydrogen-bond acceptors (Lipinski definition) is 1. The second-order valence-electron chi connectivity index (χ2n) is 5.28. The van der Waals surface area contributed by atoms with Crippen LogP contribution in [0.15, 0.2) is 24.3 Å². The van der Waals surface area contributed by atoms with Gasteiger partial charge in [0.2, 0.25) is 0 Å². The monoisotopic (exact) mass is 236 g/mol. The molecule has 2 heteroatoms. The third-order valence-corrected chi connectivity index (χ3v) is 4.05. The summed E-state index contributed by atoms with van der Waals surface area (Å²) in [6.45, 7) is 1.62. The molecule has 1 aromatic carbocycles. The normalized spacial score (nSPS) is 21.8. The average Bonchev–Trinajstić information content (AvgIpc) is 2.58. The summed E-state index contributed by atoms with van der Waals surface area (Å²) in [5.41, 5.74) is -0.956. The first kappa shape index (κ1) is 12.4. The highest BCUT2D eigenvalue weighted by Crippen LogP contribution is 2.44. The molecule has 94 valence electrons. The fraction of sp³-hybridized carbons (Fsp3) is 0.600. The third kappa shape index (κ3) is 2.62. The van der Waals surface area contributed by atoms with Crippen LogP contribution in [0.25, 0.3) is 0 Å². The van der Waals surface area contributed by atoms with Gasteiger partial charge in [0, 0.05) is 5.56 Å². The molecule has 0 bridgehead atoms. The molecule has 2 rings (SSSR count). The molecule has 1 fully saturated rings. The number of benzene rings is 1. The van der Waals surface area contributed by atoms with E-state index in [-0.39, 0.29) is 11.7 Å². The molecule has 0 saturated heterocycles. The highest BCUT2D eigenvalue weighted by atomic mass is 19.1. The SMILES string of the molecule is CC(F)(c1ccccc1O)C1CCCCCC1. The number of phenolic OH excluding ortho intramolecular Hbond substituents is 1. The van der Waals surface area contributed by atoms with Crippen LogP contribution >= 0.6 is 0 Å². The van der Waals surface area contributed by atoms with Crippen molar-refractivity contribution < 1.29 is 9.50 Å². The van der Waals surface area contributed by atoms with Crippen LogP contribution in [0.4, 0.5) is 4.39 Å². The van der Waals surface area contributed by atoms with Gasteiger partial charge in [0.15, 0.2) is 0 Å². The first-order valence-electron chi connectivity index (χ1n) is 6.60. The van der Waals surface area contributed by atoms with E-state index in [2.05, 4.69) is 0 Å². The topological polar surface area (TPSA) is 20.2 Å². The van der Waals surface area contributed by atoms with Gasteiger partial charge in [-0.2, -0.15) is 0 Å². The summed E-state index contributed by atoms with van der Waals surface area (Å²) in [5.74, 6) is 0.125. The summed E-state index contributed by atoms with van der Waals surface area (Å²) in [5, 5.41) is 9.81. The van der Waals surface area contributed by atoms with Crippen molar-refractivity contribution in [1.29, 1.82) is 0 Å². The lowest BCUT2D eigenvalue weighted by Gasteiger charge is -2.30. The minimum absolute atomic E-state index is 0.0401. The number of halogens is 1. The molecule has 1 aromatic rings. The first-order valence-corrected chi connectivity index (χ1v) is 6.60. The predicted octanol–water partition coefficient (Wildman–Crippen LogP) is 4.55. The van der Waals surface area contributed by atoms with Gasteiger partial charge in [-0.1, -0.05) is 43.9 Å².